The lowest BCUT2D eigenvalue weighted by Crippen LogP contribution is -2.45. The molecule has 152 valence electrons. The normalized spacial score (nSPS) is 30.3. The number of aryl methyl sites for hydroxylation is 1. The van der Waals surface area contributed by atoms with Gasteiger partial charge in [0, 0.05) is 5.57 Å². The number of rotatable bonds is 8. The summed E-state index contributed by atoms with van der Waals surface area (Å²) in [6.45, 7) is 6.85. The molecule has 0 amide bonds. The maximum atomic E-state index is 3.92. The lowest BCUT2D eigenvalue weighted by molar-refractivity contribution is -0.0359. The van der Waals surface area contributed by atoms with E-state index in [-0.39, 0.29) is 0 Å². The Balaban J connectivity index is 1.51. The van der Waals surface area contributed by atoms with Crippen LogP contribution in [0.4, 0.5) is 0 Å². The van der Waals surface area contributed by atoms with Crippen LogP contribution in [-0.4, -0.2) is 0 Å². The van der Waals surface area contributed by atoms with E-state index in [1.807, 2.05) is 0 Å². The van der Waals surface area contributed by atoms with E-state index in [0.29, 0.717) is 0 Å². The molecule has 0 heterocycles. The molecule has 5 rings (SSSR count). The summed E-state index contributed by atoms with van der Waals surface area (Å²) >= 11 is 0. The average molecular weight is 377 g/mol. The zero-order valence-corrected chi connectivity index (χ0v) is 18.5. The summed E-state index contributed by atoms with van der Waals surface area (Å²) in [5.74, 6) is 5.18. The Kier molecular flexibility index (Phi) is 6.47. The molecule has 1 aromatic carbocycles. The van der Waals surface area contributed by atoms with Gasteiger partial charge in [0.2, 0.25) is 0 Å². The highest BCUT2D eigenvalue weighted by Crippen LogP contribution is 2.57. The van der Waals surface area contributed by atoms with Gasteiger partial charge in [-0.1, -0.05) is 56.0 Å². The third-order valence-corrected chi connectivity index (χ3v) is 8.01. The second-order valence-corrected chi connectivity index (χ2v) is 10.4. The molecule has 4 saturated carbocycles. The first-order chi connectivity index (χ1) is 13.6. The fraction of sp³-hybridized carbons (Fsp3) is 0.679. The van der Waals surface area contributed by atoms with Crippen molar-refractivity contribution in [3.8, 4) is 0 Å². The van der Waals surface area contributed by atoms with Crippen LogP contribution in [0.15, 0.2) is 35.6 Å². The van der Waals surface area contributed by atoms with Crippen LogP contribution in [0, 0.1) is 36.5 Å². The molecule has 4 aliphatic carbocycles. The molecule has 28 heavy (non-hydrogen) atoms. The van der Waals surface area contributed by atoms with Crippen LogP contribution in [0.1, 0.15) is 95.6 Å². The van der Waals surface area contributed by atoms with E-state index in [0.717, 1.165) is 29.6 Å². The topological polar surface area (TPSA) is 0 Å². The van der Waals surface area contributed by atoms with E-state index in [9.17, 15) is 0 Å². The van der Waals surface area contributed by atoms with Crippen molar-refractivity contribution in [1.29, 1.82) is 0 Å². The Morgan fingerprint density at radius 1 is 0.893 bits per heavy atom. The number of benzene rings is 1. The third-order valence-electron chi connectivity index (χ3n) is 8.01. The van der Waals surface area contributed by atoms with Gasteiger partial charge < -0.3 is 0 Å². The average Bonchev–Trinajstić information content (AvgIpc) is 2.67. The van der Waals surface area contributed by atoms with Gasteiger partial charge in [-0.15, -0.1) is 5.73 Å². The molecule has 4 bridgehead atoms. The monoisotopic (exact) mass is 376 g/mol. The smallest absolute Gasteiger partial charge is 0.00114 e. The Bertz CT molecular complexity index is 685. The van der Waals surface area contributed by atoms with Gasteiger partial charge >= 0.3 is 0 Å². The fourth-order valence-corrected chi connectivity index (χ4v) is 6.80. The van der Waals surface area contributed by atoms with Crippen LogP contribution in [0.3, 0.4) is 0 Å². The molecular formula is C28H40. The summed E-state index contributed by atoms with van der Waals surface area (Å²) < 4.78 is 0. The first-order valence-corrected chi connectivity index (χ1v) is 12.1. The van der Waals surface area contributed by atoms with Crippen molar-refractivity contribution in [3.63, 3.8) is 0 Å². The first kappa shape index (κ1) is 20.0. The van der Waals surface area contributed by atoms with Gasteiger partial charge in [-0.05, 0) is 106 Å². The van der Waals surface area contributed by atoms with Gasteiger partial charge in [-0.25, -0.2) is 0 Å². The van der Waals surface area contributed by atoms with Crippen molar-refractivity contribution in [3.05, 3.63) is 46.7 Å². The van der Waals surface area contributed by atoms with Crippen LogP contribution in [0.25, 0.3) is 5.57 Å². The van der Waals surface area contributed by atoms with Gasteiger partial charge in [0.05, 0.1) is 0 Å². The van der Waals surface area contributed by atoms with Crippen molar-refractivity contribution in [1.82, 2.24) is 0 Å². The Morgan fingerprint density at radius 2 is 1.54 bits per heavy atom. The van der Waals surface area contributed by atoms with Gasteiger partial charge in [-0.2, -0.15) is 0 Å². The quantitative estimate of drug-likeness (QED) is 0.316. The molecule has 0 aromatic heterocycles. The molecule has 0 spiro atoms. The Labute approximate surface area is 173 Å². The van der Waals surface area contributed by atoms with E-state index in [4.69, 9.17) is 0 Å². The standard InChI is InChI=1S/C28H40/c1-4-5-6-7-8-25(24-11-9-20(2)10-12-24)13-21(3)14-28-26-16-22-15-23(18-26)19-27(28)17-22/h9-12,22-23,26-28H,4-8,14-19H2,1-3H3. The maximum absolute atomic E-state index is 3.92. The van der Waals surface area contributed by atoms with E-state index in [1.165, 1.54) is 86.5 Å². The lowest BCUT2D eigenvalue weighted by Gasteiger charge is -2.54. The Hall–Kier alpha value is -1.26. The number of hydrogen-bond donors (Lipinski definition) is 0. The lowest BCUT2D eigenvalue weighted by atomic mass is 9.51. The van der Waals surface area contributed by atoms with Crippen LogP contribution >= 0.6 is 0 Å². The van der Waals surface area contributed by atoms with Gasteiger partial charge in [0.25, 0.3) is 0 Å². The second-order valence-electron chi connectivity index (χ2n) is 10.4. The highest BCUT2D eigenvalue weighted by Gasteiger charge is 2.47. The minimum atomic E-state index is 0.958. The highest BCUT2D eigenvalue weighted by molar-refractivity contribution is 5.65. The van der Waals surface area contributed by atoms with E-state index in [1.54, 1.807) is 6.42 Å². The van der Waals surface area contributed by atoms with Gasteiger partial charge in [-0.3, -0.25) is 0 Å². The van der Waals surface area contributed by atoms with Crippen LogP contribution in [-0.2, 0) is 0 Å². The minimum Gasteiger partial charge on any atom is -0.118 e. The predicted octanol–water partition coefficient (Wildman–Crippen LogP) is 8.36. The largest absolute Gasteiger partial charge is 0.118 e. The zero-order valence-electron chi connectivity index (χ0n) is 18.5. The highest BCUT2D eigenvalue weighted by atomic mass is 14.5. The van der Waals surface area contributed by atoms with Crippen molar-refractivity contribution in [2.24, 2.45) is 29.6 Å². The molecule has 0 saturated heterocycles. The molecule has 0 N–H and O–H groups in total. The summed E-state index contributed by atoms with van der Waals surface area (Å²) in [5.41, 5.74) is 9.64. The summed E-state index contributed by atoms with van der Waals surface area (Å²) in [6, 6.07) is 9.15. The Morgan fingerprint density at radius 3 is 2.14 bits per heavy atom. The maximum Gasteiger partial charge on any atom is 0.00114 e. The summed E-state index contributed by atoms with van der Waals surface area (Å²) in [5, 5.41) is 0. The van der Waals surface area contributed by atoms with Gasteiger partial charge in [0.1, 0.15) is 0 Å². The molecule has 0 aliphatic heterocycles. The van der Waals surface area contributed by atoms with E-state index < -0.39 is 0 Å². The zero-order chi connectivity index (χ0) is 19.5. The minimum absolute atomic E-state index is 0.958. The second kappa shape index (κ2) is 9.04. The molecule has 0 atom stereocenters. The van der Waals surface area contributed by atoms with Crippen LogP contribution < -0.4 is 0 Å². The van der Waals surface area contributed by atoms with Crippen LogP contribution in [0.2, 0.25) is 0 Å². The van der Waals surface area contributed by atoms with Crippen LogP contribution in [0.5, 0.6) is 0 Å². The molecule has 0 heteroatoms. The fourth-order valence-electron chi connectivity index (χ4n) is 6.80. The molecule has 0 radical (unpaired) electrons. The molecule has 0 nitrogen and oxygen atoms in total. The van der Waals surface area contributed by atoms with E-state index >= 15 is 0 Å². The molecule has 0 unspecified atom stereocenters. The SMILES string of the molecule is CCCCCCC(=C=C(C)CC1C2CC3CC(C2)CC1C3)c1ccc(C)cc1. The third kappa shape index (κ3) is 4.65. The van der Waals surface area contributed by atoms with Gasteiger partial charge in [0.15, 0.2) is 0 Å². The summed E-state index contributed by atoms with van der Waals surface area (Å²) in [6.07, 6.45) is 15.5. The number of unbranched alkanes of at least 4 members (excludes halogenated alkanes) is 3. The van der Waals surface area contributed by atoms with Crippen molar-refractivity contribution < 1.29 is 0 Å². The summed E-state index contributed by atoms with van der Waals surface area (Å²) in [7, 11) is 0. The molecular weight excluding hydrogens is 336 g/mol. The molecule has 4 fully saturated rings. The number of allylic oxidation sites excluding steroid dienone is 1. The van der Waals surface area contributed by atoms with Crippen molar-refractivity contribution in [2.45, 2.75) is 91.4 Å². The molecule has 4 aliphatic rings. The van der Waals surface area contributed by atoms with E-state index in [2.05, 4.69) is 50.8 Å². The predicted molar refractivity (Wildman–Crippen MR) is 121 cm³/mol. The molecule has 1 aromatic rings. The number of hydrogen-bond acceptors (Lipinski definition) is 0. The van der Waals surface area contributed by atoms with Crippen molar-refractivity contribution >= 4 is 5.57 Å². The first-order valence-electron chi connectivity index (χ1n) is 12.1. The van der Waals surface area contributed by atoms with Crippen molar-refractivity contribution in [2.75, 3.05) is 0 Å². The summed E-state index contributed by atoms with van der Waals surface area (Å²) in [4.78, 5) is 0.